The van der Waals surface area contributed by atoms with Gasteiger partial charge in [0, 0.05) is 29.5 Å². The van der Waals surface area contributed by atoms with Gasteiger partial charge in [0.25, 0.3) is 5.91 Å². The quantitative estimate of drug-likeness (QED) is 0.769. The molecule has 1 aliphatic rings. The van der Waals surface area contributed by atoms with Gasteiger partial charge in [-0.05, 0) is 18.8 Å². The van der Waals surface area contributed by atoms with E-state index in [9.17, 15) is 4.79 Å². The largest absolute Gasteiger partial charge is 0.383 e. The predicted molar refractivity (Wildman–Crippen MR) is 68.8 cm³/mol. The number of carbonyl (C=O) groups excluding carboxylic acids is 1. The summed E-state index contributed by atoms with van der Waals surface area (Å²) in [6, 6.07) is 0. The zero-order chi connectivity index (χ0) is 12.0. The molecule has 0 fully saturated rings. The Kier molecular flexibility index (Phi) is 5.95. The lowest BCUT2D eigenvalue weighted by Crippen LogP contribution is -2.29. The van der Waals surface area contributed by atoms with E-state index >= 15 is 0 Å². The van der Waals surface area contributed by atoms with Crippen molar-refractivity contribution in [2.24, 2.45) is 0 Å². The first-order valence-electron chi connectivity index (χ1n) is 5.05. The maximum atomic E-state index is 11.7. The summed E-state index contributed by atoms with van der Waals surface area (Å²) in [5.41, 5.74) is 0.645. The summed E-state index contributed by atoms with van der Waals surface area (Å²) in [5, 5.41) is 3.80. The molecular formula is C11H16ClNO2S. The van der Waals surface area contributed by atoms with Gasteiger partial charge < -0.3 is 10.1 Å². The molecule has 1 rings (SSSR count). The van der Waals surface area contributed by atoms with Gasteiger partial charge in [0.1, 0.15) is 0 Å². The van der Waals surface area contributed by atoms with E-state index in [-0.39, 0.29) is 5.91 Å². The molecule has 90 valence electrons. The molecule has 16 heavy (non-hydrogen) atoms. The molecular weight excluding hydrogens is 246 g/mol. The summed E-state index contributed by atoms with van der Waals surface area (Å²) in [6.45, 7) is 1.03. The maximum Gasteiger partial charge on any atom is 0.251 e. The van der Waals surface area contributed by atoms with E-state index in [4.69, 9.17) is 16.3 Å². The molecule has 0 aromatic rings. The van der Waals surface area contributed by atoms with E-state index in [1.54, 1.807) is 24.9 Å². The number of hydrogen-bond acceptors (Lipinski definition) is 3. The van der Waals surface area contributed by atoms with Crippen molar-refractivity contribution in [3.05, 3.63) is 22.8 Å². The standard InChI is InChI=1S/C11H16ClNO2S/c1-15-4-3-13-11(14)8-5-9(12)7-10(6-8)16-2/h5-6,10H,3-4,7H2,1-2H3,(H,13,14). The van der Waals surface area contributed by atoms with Crippen LogP contribution in [-0.4, -0.2) is 37.7 Å². The van der Waals surface area contributed by atoms with Crippen LogP contribution in [0.4, 0.5) is 0 Å². The van der Waals surface area contributed by atoms with Crippen LogP contribution in [0.15, 0.2) is 22.8 Å². The molecule has 0 bridgehead atoms. The van der Waals surface area contributed by atoms with Gasteiger partial charge in [-0.15, -0.1) is 0 Å². The first-order valence-corrected chi connectivity index (χ1v) is 6.71. The van der Waals surface area contributed by atoms with Crippen LogP contribution in [0.5, 0.6) is 0 Å². The molecule has 3 nitrogen and oxygen atoms in total. The second-order valence-electron chi connectivity index (χ2n) is 3.44. The van der Waals surface area contributed by atoms with Crippen LogP contribution >= 0.6 is 23.4 Å². The van der Waals surface area contributed by atoms with Crippen molar-refractivity contribution in [2.75, 3.05) is 26.5 Å². The number of allylic oxidation sites excluding steroid dienone is 1. The molecule has 0 radical (unpaired) electrons. The minimum absolute atomic E-state index is 0.0889. The Morgan fingerprint density at radius 2 is 2.50 bits per heavy atom. The van der Waals surface area contributed by atoms with Crippen molar-refractivity contribution in [3.63, 3.8) is 0 Å². The smallest absolute Gasteiger partial charge is 0.251 e. The van der Waals surface area contributed by atoms with Crippen molar-refractivity contribution < 1.29 is 9.53 Å². The number of halogens is 1. The van der Waals surface area contributed by atoms with Gasteiger partial charge in [-0.3, -0.25) is 4.79 Å². The topological polar surface area (TPSA) is 38.3 Å². The Bertz CT molecular complexity index is 315. The van der Waals surface area contributed by atoms with Gasteiger partial charge in [0.05, 0.1) is 6.61 Å². The highest BCUT2D eigenvalue weighted by atomic mass is 35.5. The molecule has 0 saturated heterocycles. The van der Waals surface area contributed by atoms with Crippen LogP contribution in [0.3, 0.4) is 0 Å². The molecule has 1 N–H and O–H groups in total. The van der Waals surface area contributed by atoms with Crippen LogP contribution in [0.1, 0.15) is 6.42 Å². The van der Waals surface area contributed by atoms with E-state index in [1.165, 1.54) is 0 Å². The predicted octanol–water partition coefficient (Wildman–Crippen LogP) is 1.93. The third-order valence-corrected chi connectivity index (χ3v) is 3.40. The highest BCUT2D eigenvalue weighted by Crippen LogP contribution is 2.27. The van der Waals surface area contributed by atoms with Gasteiger partial charge >= 0.3 is 0 Å². The third-order valence-electron chi connectivity index (χ3n) is 2.23. The normalized spacial score (nSPS) is 20.1. The number of nitrogens with one attached hydrogen (secondary N) is 1. The van der Waals surface area contributed by atoms with E-state index in [0.717, 1.165) is 11.5 Å². The number of methoxy groups -OCH3 is 1. The molecule has 1 atom stereocenters. The number of ether oxygens (including phenoxy) is 1. The highest BCUT2D eigenvalue weighted by molar-refractivity contribution is 7.99. The summed E-state index contributed by atoms with van der Waals surface area (Å²) in [6.07, 6.45) is 6.50. The molecule has 1 unspecified atom stereocenters. The molecule has 0 spiro atoms. The monoisotopic (exact) mass is 261 g/mol. The average molecular weight is 262 g/mol. The molecule has 1 aliphatic carbocycles. The lowest BCUT2D eigenvalue weighted by Gasteiger charge is -2.16. The van der Waals surface area contributed by atoms with Gasteiger partial charge in [-0.25, -0.2) is 0 Å². The lowest BCUT2D eigenvalue weighted by molar-refractivity contribution is -0.117. The molecule has 5 heteroatoms. The summed E-state index contributed by atoms with van der Waals surface area (Å²) >= 11 is 7.69. The Morgan fingerprint density at radius 1 is 1.75 bits per heavy atom. The molecule has 0 aliphatic heterocycles. The summed E-state index contributed by atoms with van der Waals surface area (Å²) in [4.78, 5) is 11.7. The first-order chi connectivity index (χ1) is 7.67. The second kappa shape index (κ2) is 6.99. The van der Waals surface area contributed by atoms with Crippen molar-refractivity contribution in [2.45, 2.75) is 11.7 Å². The van der Waals surface area contributed by atoms with E-state index < -0.39 is 0 Å². The van der Waals surface area contributed by atoms with Crippen LogP contribution < -0.4 is 5.32 Å². The van der Waals surface area contributed by atoms with Gasteiger partial charge in [-0.1, -0.05) is 17.7 Å². The fourth-order valence-electron chi connectivity index (χ4n) is 1.39. The number of amides is 1. The van der Waals surface area contributed by atoms with Crippen molar-refractivity contribution in [1.82, 2.24) is 5.32 Å². The number of carbonyl (C=O) groups is 1. The highest BCUT2D eigenvalue weighted by Gasteiger charge is 2.17. The van der Waals surface area contributed by atoms with Crippen molar-refractivity contribution in [3.8, 4) is 0 Å². The summed E-state index contributed by atoms with van der Waals surface area (Å²) in [5.74, 6) is -0.0889. The number of thioether (sulfide) groups is 1. The lowest BCUT2D eigenvalue weighted by atomic mass is 10.1. The van der Waals surface area contributed by atoms with Gasteiger partial charge in [0.2, 0.25) is 0 Å². The van der Waals surface area contributed by atoms with Crippen LogP contribution in [0.2, 0.25) is 0 Å². The van der Waals surface area contributed by atoms with Crippen molar-refractivity contribution in [1.29, 1.82) is 0 Å². The summed E-state index contributed by atoms with van der Waals surface area (Å²) in [7, 11) is 1.60. The second-order valence-corrected chi connectivity index (χ2v) is 5.00. The Hall–Kier alpha value is -0.450. The Morgan fingerprint density at radius 3 is 3.12 bits per heavy atom. The Balaban J connectivity index is 2.56. The minimum Gasteiger partial charge on any atom is -0.383 e. The summed E-state index contributed by atoms with van der Waals surface area (Å²) < 4.78 is 4.86. The fraction of sp³-hybridized carbons (Fsp3) is 0.545. The van der Waals surface area contributed by atoms with E-state index in [1.807, 2.05) is 12.3 Å². The van der Waals surface area contributed by atoms with Crippen LogP contribution in [0, 0.1) is 0 Å². The molecule has 0 saturated carbocycles. The molecule has 0 aromatic carbocycles. The fourth-order valence-corrected chi connectivity index (χ4v) is 2.39. The zero-order valence-corrected chi connectivity index (χ0v) is 11.0. The number of hydrogen-bond donors (Lipinski definition) is 1. The Labute approximate surface area is 105 Å². The first kappa shape index (κ1) is 13.6. The van der Waals surface area contributed by atoms with Gasteiger partial charge in [-0.2, -0.15) is 11.8 Å². The molecule has 0 heterocycles. The van der Waals surface area contributed by atoms with Crippen LogP contribution in [0.25, 0.3) is 0 Å². The third kappa shape index (κ3) is 4.20. The van der Waals surface area contributed by atoms with E-state index in [0.29, 0.717) is 24.0 Å². The maximum absolute atomic E-state index is 11.7. The van der Waals surface area contributed by atoms with Crippen molar-refractivity contribution >= 4 is 29.3 Å². The molecule has 0 aromatic heterocycles. The number of rotatable bonds is 5. The SMILES string of the molecule is COCCNC(=O)C1=CC(SC)CC(Cl)=C1. The van der Waals surface area contributed by atoms with Gasteiger partial charge in [0.15, 0.2) is 0 Å². The average Bonchev–Trinajstić information content (AvgIpc) is 2.28. The zero-order valence-electron chi connectivity index (χ0n) is 9.46. The molecule has 1 amide bonds. The van der Waals surface area contributed by atoms with E-state index in [2.05, 4.69) is 5.32 Å². The minimum atomic E-state index is -0.0889. The van der Waals surface area contributed by atoms with Crippen LogP contribution in [-0.2, 0) is 9.53 Å².